The zero-order valence-electron chi connectivity index (χ0n) is 12.1. The van der Waals surface area contributed by atoms with E-state index in [1.807, 2.05) is 45.0 Å². The molecule has 1 heterocycles. The number of hydrogen-bond acceptors (Lipinski definition) is 5. The van der Waals surface area contributed by atoms with Crippen LogP contribution in [-0.4, -0.2) is 49.7 Å². The number of carbonyl (C=O) groups is 1. The Hall–Kier alpha value is -1.62. The molecule has 0 N–H and O–H groups in total. The number of esters is 1. The van der Waals surface area contributed by atoms with Crippen molar-refractivity contribution in [3.8, 4) is 5.75 Å². The van der Waals surface area contributed by atoms with Crippen molar-refractivity contribution in [2.45, 2.75) is 20.3 Å². The average molecular weight is 266 g/mol. The second-order valence-corrected chi connectivity index (χ2v) is 4.56. The molecule has 106 valence electrons. The van der Waals surface area contributed by atoms with Gasteiger partial charge in [0.2, 0.25) is 0 Å². The summed E-state index contributed by atoms with van der Waals surface area (Å²) in [6.07, 6.45) is 0.771. The molecule has 0 aliphatic carbocycles. The predicted octanol–water partition coefficient (Wildman–Crippen LogP) is 1.44. The topological polar surface area (TPSA) is 51.7 Å². The van der Waals surface area contributed by atoms with E-state index in [1.54, 1.807) is 0 Å². The summed E-state index contributed by atoms with van der Waals surface area (Å²) in [5.74, 6) is 0.294. The van der Waals surface area contributed by atoms with Gasteiger partial charge in [0, 0.05) is 12.2 Å². The van der Waals surface area contributed by atoms with E-state index < -0.39 is 0 Å². The number of hydrogen-bond donors (Lipinski definition) is 0. The Labute approximate surface area is 114 Å². The third kappa shape index (κ3) is 5.70. The highest BCUT2D eigenvalue weighted by Crippen LogP contribution is 2.17. The van der Waals surface area contributed by atoms with Crippen LogP contribution in [0.4, 0.5) is 0 Å². The number of likely N-dealkylation sites (N-methyl/N-ethyl adjacent to an activating group) is 1. The SMILES string of the molecule is CCc1nc(C)ccc1OCC(=O)OCCN(C)C. The van der Waals surface area contributed by atoms with Crippen LogP contribution in [0, 0.1) is 6.92 Å². The first-order valence-electron chi connectivity index (χ1n) is 6.42. The van der Waals surface area contributed by atoms with E-state index in [9.17, 15) is 4.79 Å². The van der Waals surface area contributed by atoms with Gasteiger partial charge >= 0.3 is 5.97 Å². The standard InChI is InChI=1S/C14H22N2O3/c1-5-12-13(7-6-11(2)15-12)19-10-14(17)18-9-8-16(3)4/h6-7H,5,8-10H2,1-4H3. The summed E-state index contributed by atoms with van der Waals surface area (Å²) in [6.45, 7) is 4.94. The summed E-state index contributed by atoms with van der Waals surface area (Å²) < 4.78 is 10.5. The van der Waals surface area contributed by atoms with E-state index in [1.165, 1.54) is 0 Å². The molecule has 0 saturated carbocycles. The lowest BCUT2D eigenvalue weighted by Crippen LogP contribution is -2.23. The van der Waals surface area contributed by atoms with Crippen LogP contribution in [0.3, 0.4) is 0 Å². The molecular formula is C14H22N2O3. The Morgan fingerprint density at radius 1 is 1.37 bits per heavy atom. The minimum Gasteiger partial charge on any atom is -0.480 e. The first-order valence-corrected chi connectivity index (χ1v) is 6.42. The van der Waals surface area contributed by atoms with Crippen molar-refractivity contribution in [3.63, 3.8) is 0 Å². The number of pyridine rings is 1. The predicted molar refractivity (Wildman–Crippen MR) is 73.4 cm³/mol. The highest BCUT2D eigenvalue weighted by molar-refractivity contribution is 5.71. The molecule has 0 aliphatic rings. The van der Waals surface area contributed by atoms with Crippen molar-refractivity contribution < 1.29 is 14.3 Å². The molecule has 0 spiro atoms. The monoisotopic (exact) mass is 266 g/mol. The molecule has 1 aromatic rings. The lowest BCUT2D eigenvalue weighted by Gasteiger charge is -2.12. The number of ether oxygens (including phenoxy) is 2. The van der Waals surface area contributed by atoms with Crippen LogP contribution >= 0.6 is 0 Å². The minimum absolute atomic E-state index is 0.0782. The first kappa shape index (κ1) is 15.4. The van der Waals surface area contributed by atoms with Crippen LogP contribution < -0.4 is 4.74 Å². The third-order valence-electron chi connectivity index (χ3n) is 2.55. The van der Waals surface area contributed by atoms with Gasteiger partial charge in [-0.15, -0.1) is 0 Å². The van der Waals surface area contributed by atoms with E-state index in [0.717, 1.165) is 17.8 Å². The summed E-state index contributed by atoms with van der Waals surface area (Å²) in [5.41, 5.74) is 1.80. The maximum Gasteiger partial charge on any atom is 0.344 e. The van der Waals surface area contributed by atoms with Crippen LogP contribution in [0.5, 0.6) is 5.75 Å². The molecule has 0 amide bonds. The Kier molecular flexibility index (Phi) is 6.29. The molecule has 0 atom stereocenters. The van der Waals surface area contributed by atoms with Gasteiger partial charge in [-0.3, -0.25) is 4.98 Å². The second-order valence-electron chi connectivity index (χ2n) is 4.56. The lowest BCUT2D eigenvalue weighted by atomic mass is 10.2. The molecule has 0 unspecified atom stereocenters. The number of nitrogens with zero attached hydrogens (tertiary/aromatic N) is 2. The first-order chi connectivity index (χ1) is 9.02. The van der Waals surface area contributed by atoms with Crippen LogP contribution in [0.1, 0.15) is 18.3 Å². The summed E-state index contributed by atoms with van der Waals surface area (Å²) in [4.78, 5) is 17.8. The third-order valence-corrected chi connectivity index (χ3v) is 2.55. The molecule has 1 rings (SSSR count). The molecule has 0 aliphatic heterocycles. The fraction of sp³-hybridized carbons (Fsp3) is 0.571. The van der Waals surface area contributed by atoms with Gasteiger partial charge in [0.15, 0.2) is 6.61 Å². The van der Waals surface area contributed by atoms with Gasteiger partial charge in [-0.2, -0.15) is 0 Å². The Morgan fingerprint density at radius 2 is 2.11 bits per heavy atom. The van der Waals surface area contributed by atoms with E-state index >= 15 is 0 Å². The van der Waals surface area contributed by atoms with Gasteiger partial charge in [0.1, 0.15) is 12.4 Å². The lowest BCUT2D eigenvalue weighted by molar-refractivity contribution is -0.146. The second kappa shape index (κ2) is 7.74. The summed E-state index contributed by atoms with van der Waals surface area (Å²) in [6, 6.07) is 3.71. The van der Waals surface area contributed by atoms with Crippen LogP contribution in [-0.2, 0) is 16.0 Å². The fourth-order valence-electron chi connectivity index (χ4n) is 1.50. The molecule has 0 radical (unpaired) electrons. The van der Waals surface area contributed by atoms with E-state index in [2.05, 4.69) is 4.98 Å². The minimum atomic E-state index is -0.357. The number of aryl methyl sites for hydroxylation is 2. The molecule has 5 nitrogen and oxygen atoms in total. The smallest absolute Gasteiger partial charge is 0.344 e. The van der Waals surface area contributed by atoms with Crippen LogP contribution in [0.15, 0.2) is 12.1 Å². The molecular weight excluding hydrogens is 244 g/mol. The Balaban J connectivity index is 2.41. The molecule has 0 saturated heterocycles. The molecule has 0 fully saturated rings. The van der Waals surface area contributed by atoms with Gasteiger partial charge in [-0.25, -0.2) is 4.79 Å². The normalized spacial score (nSPS) is 10.6. The zero-order valence-corrected chi connectivity index (χ0v) is 12.1. The van der Waals surface area contributed by atoms with E-state index in [4.69, 9.17) is 9.47 Å². The largest absolute Gasteiger partial charge is 0.480 e. The van der Waals surface area contributed by atoms with Crippen LogP contribution in [0.2, 0.25) is 0 Å². The van der Waals surface area contributed by atoms with E-state index in [0.29, 0.717) is 18.9 Å². The van der Waals surface area contributed by atoms with Crippen molar-refractivity contribution in [2.24, 2.45) is 0 Å². The Bertz CT molecular complexity index is 419. The molecule has 1 aromatic heterocycles. The highest BCUT2D eigenvalue weighted by atomic mass is 16.6. The van der Waals surface area contributed by atoms with E-state index in [-0.39, 0.29) is 12.6 Å². The highest BCUT2D eigenvalue weighted by Gasteiger charge is 2.08. The summed E-state index contributed by atoms with van der Waals surface area (Å²) >= 11 is 0. The molecule has 0 bridgehead atoms. The van der Waals surface area contributed by atoms with Gasteiger partial charge in [-0.05, 0) is 39.6 Å². The average Bonchev–Trinajstić information content (AvgIpc) is 2.36. The zero-order chi connectivity index (χ0) is 14.3. The molecule has 5 heteroatoms. The maximum atomic E-state index is 11.5. The van der Waals surface area contributed by atoms with Gasteiger partial charge in [0.05, 0.1) is 5.69 Å². The quantitative estimate of drug-likeness (QED) is 0.699. The van der Waals surface area contributed by atoms with Crippen molar-refractivity contribution in [1.29, 1.82) is 0 Å². The summed E-state index contributed by atoms with van der Waals surface area (Å²) in [5, 5.41) is 0. The van der Waals surface area contributed by atoms with Crippen LogP contribution in [0.25, 0.3) is 0 Å². The van der Waals surface area contributed by atoms with Gasteiger partial charge < -0.3 is 14.4 Å². The van der Waals surface area contributed by atoms with Gasteiger partial charge in [-0.1, -0.05) is 6.92 Å². The van der Waals surface area contributed by atoms with Gasteiger partial charge in [0.25, 0.3) is 0 Å². The summed E-state index contributed by atoms with van der Waals surface area (Å²) in [7, 11) is 3.85. The number of carbonyl (C=O) groups excluding carboxylic acids is 1. The number of rotatable bonds is 7. The van der Waals surface area contributed by atoms with Crippen molar-refractivity contribution in [1.82, 2.24) is 9.88 Å². The Morgan fingerprint density at radius 3 is 2.74 bits per heavy atom. The fourth-order valence-corrected chi connectivity index (χ4v) is 1.50. The maximum absolute atomic E-state index is 11.5. The molecule has 19 heavy (non-hydrogen) atoms. The van der Waals surface area contributed by atoms with Crippen molar-refractivity contribution in [3.05, 3.63) is 23.5 Å². The van der Waals surface area contributed by atoms with Crippen molar-refractivity contribution >= 4 is 5.97 Å². The number of aromatic nitrogens is 1. The van der Waals surface area contributed by atoms with Crippen molar-refractivity contribution in [2.75, 3.05) is 33.9 Å². The molecule has 0 aromatic carbocycles.